The Hall–Kier alpha value is -2.41. The molecule has 21 heavy (non-hydrogen) atoms. The van der Waals surface area contributed by atoms with Crippen LogP contribution in [0.2, 0.25) is 0 Å². The van der Waals surface area contributed by atoms with Gasteiger partial charge in [0.05, 0.1) is 0 Å². The van der Waals surface area contributed by atoms with Crippen LogP contribution in [0.3, 0.4) is 0 Å². The Labute approximate surface area is 128 Å². The molecule has 0 saturated heterocycles. The van der Waals surface area contributed by atoms with E-state index in [-0.39, 0.29) is 0 Å². The van der Waals surface area contributed by atoms with Gasteiger partial charge in [-0.2, -0.15) is 0 Å². The number of rotatable bonds is 8. The third kappa shape index (κ3) is 12.4. The summed E-state index contributed by atoms with van der Waals surface area (Å²) in [6.07, 6.45) is 23.8. The second-order valence-electron chi connectivity index (χ2n) is 4.57. The van der Waals surface area contributed by atoms with E-state index in [0.717, 1.165) is 17.4 Å². The van der Waals surface area contributed by atoms with Gasteiger partial charge < -0.3 is 0 Å². The number of hydrogen-bond acceptors (Lipinski definition) is 1. The number of carbonyl (C=O) groups is 1. The fourth-order valence-electron chi connectivity index (χ4n) is 1.35. The molecule has 0 aromatic carbocycles. The minimum Gasteiger partial charge on any atom is -0.299 e. The van der Waals surface area contributed by atoms with Crippen LogP contribution in [-0.2, 0) is 4.79 Å². The summed E-state index contributed by atoms with van der Waals surface area (Å²) in [6, 6.07) is 0. The van der Waals surface area contributed by atoms with E-state index in [0.29, 0.717) is 0 Å². The zero-order valence-corrected chi connectivity index (χ0v) is 13.1. The molecular formula is C20H24O. The third-order valence-corrected chi connectivity index (χ3v) is 2.48. The molecule has 110 valence electrons. The molecule has 0 heterocycles. The van der Waals surface area contributed by atoms with Gasteiger partial charge in [-0.3, -0.25) is 4.79 Å². The van der Waals surface area contributed by atoms with E-state index in [1.54, 1.807) is 12.2 Å². The summed E-state index contributed by atoms with van der Waals surface area (Å²) in [5.41, 5.74) is 3.37. The van der Waals surface area contributed by atoms with Gasteiger partial charge in [0.1, 0.15) is 6.29 Å². The second-order valence-corrected chi connectivity index (χ2v) is 4.57. The lowest BCUT2D eigenvalue weighted by molar-refractivity contribution is -0.104. The molecule has 0 aromatic rings. The Morgan fingerprint density at radius 1 is 0.667 bits per heavy atom. The highest BCUT2D eigenvalue weighted by Gasteiger charge is 1.81. The molecule has 0 radical (unpaired) electrons. The van der Waals surface area contributed by atoms with E-state index in [1.165, 1.54) is 11.6 Å². The standard InChI is InChI=1S/C20H24O/c1-5-6-7-11-18(2)12-8-13-19(3)14-9-15-20(4)16-10-17-21/h5-17H,1H2,2-4H3. The van der Waals surface area contributed by atoms with Crippen molar-refractivity contribution in [1.29, 1.82) is 0 Å². The molecule has 0 aromatic heterocycles. The first-order valence-electron chi connectivity index (χ1n) is 6.88. The van der Waals surface area contributed by atoms with Crippen molar-refractivity contribution in [3.63, 3.8) is 0 Å². The summed E-state index contributed by atoms with van der Waals surface area (Å²) >= 11 is 0. The van der Waals surface area contributed by atoms with Crippen LogP contribution < -0.4 is 0 Å². The second kappa shape index (κ2) is 12.6. The highest BCUT2D eigenvalue weighted by Crippen LogP contribution is 2.01. The first-order valence-corrected chi connectivity index (χ1v) is 6.88. The van der Waals surface area contributed by atoms with Crippen LogP contribution in [0.4, 0.5) is 0 Å². The quantitative estimate of drug-likeness (QED) is 0.329. The molecule has 0 aliphatic heterocycles. The van der Waals surface area contributed by atoms with Gasteiger partial charge in [-0.15, -0.1) is 0 Å². The smallest absolute Gasteiger partial charge is 0.142 e. The predicted octanol–water partition coefficient (Wildman–Crippen LogP) is 5.44. The van der Waals surface area contributed by atoms with Crippen molar-refractivity contribution in [3.05, 3.63) is 96.2 Å². The molecule has 1 nitrogen and oxygen atoms in total. The largest absolute Gasteiger partial charge is 0.299 e. The van der Waals surface area contributed by atoms with Gasteiger partial charge in [0.25, 0.3) is 0 Å². The molecule has 0 aliphatic rings. The Kier molecular flexibility index (Phi) is 11.2. The first kappa shape index (κ1) is 18.6. The lowest BCUT2D eigenvalue weighted by Crippen LogP contribution is -1.70. The predicted molar refractivity (Wildman–Crippen MR) is 94.1 cm³/mol. The maximum Gasteiger partial charge on any atom is 0.142 e. The van der Waals surface area contributed by atoms with Gasteiger partial charge >= 0.3 is 0 Å². The van der Waals surface area contributed by atoms with Crippen LogP contribution in [-0.4, -0.2) is 6.29 Å². The summed E-state index contributed by atoms with van der Waals surface area (Å²) in [6.45, 7) is 9.67. The van der Waals surface area contributed by atoms with Crippen LogP contribution >= 0.6 is 0 Å². The third-order valence-electron chi connectivity index (χ3n) is 2.48. The number of hydrogen-bond donors (Lipinski definition) is 0. The van der Waals surface area contributed by atoms with Crippen LogP contribution in [0.1, 0.15) is 20.8 Å². The van der Waals surface area contributed by atoms with Crippen molar-refractivity contribution in [2.45, 2.75) is 20.8 Å². The van der Waals surface area contributed by atoms with Crippen molar-refractivity contribution in [2.24, 2.45) is 0 Å². The topological polar surface area (TPSA) is 17.1 Å². The number of allylic oxidation sites excluding steroid dienone is 15. The van der Waals surface area contributed by atoms with Gasteiger partial charge in [0, 0.05) is 0 Å². The summed E-state index contributed by atoms with van der Waals surface area (Å²) in [7, 11) is 0. The van der Waals surface area contributed by atoms with Gasteiger partial charge in [-0.1, -0.05) is 90.1 Å². The SMILES string of the molecule is C=CC=CC=C(C)C=CC=C(C)C=CC=C(C)C=CC=O. The normalized spacial score (nSPS) is 14.9. The van der Waals surface area contributed by atoms with Crippen molar-refractivity contribution in [1.82, 2.24) is 0 Å². The van der Waals surface area contributed by atoms with Gasteiger partial charge in [0.15, 0.2) is 0 Å². The summed E-state index contributed by atoms with van der Waals surface area (Å²) in [5.74, 6) is 0. The van der Waals surface area contributed by atoms with E-state index in [4.69, 9.17) is 0 Å². The molecule has 0 rings (SSSR count). The summed E-state index contributed by atoms with van der Waals surface area (Å²) < 4.78 is 0. The first-order chi connectivity index (χ1) is 10.1. The molecule has 1 heteroatoms. The van der Waals surface area contributed by atoms with Gasteiger partial charge in [0.2, 0.25) is 0 Å². The maximum atomic E-state index is 10.2. The van der Waals surface area contributed by atoms with Crippen molar-refractivity contribution in [3.8, 4) is 0 Å². The van der Waals surface area contributed by atoms with Gasteiger partial charge in [-0.25, -0.2) is 0 Å². The fraction of sp³-hybridized carbons (Fsp3) is 0.150. The number of aldehydes is 1. The highest BCUT2D eigenvalue weighted by molar-refractivity contribution is 5.65. The van der Waals surface area contributed by atoms with Crippen molar-refractivity contribution < 1.29 is 4.79 Å². The Morgan fingerprint density at radius 2 is 1.10 bits per heavy atom. The molecular weight excluding hydrogens is 256 g/mol. The maximum absolute atomic E-state index is 10.2. The molecule has 0 fully saturated rings. The van der Waals surface area contributed by atoms with Gasteiger partial charge in [-0.05, 0) is 26.8 Å². The molecule has 0 aliphatic carbocycles. The molecule has 0 bridgehead atoms. The van der Waals surface area contributed by atoms with Crippen molar-refractivity contribution >= 4 is 6.29 Å². The molecule has 0 amide bonds. The molecule has 0 spiro atoms. The molecule has 0 unspecified atom stereocenters. The molecule has 0 saturated carbocycles. The fourth-order valence-corrected chi connectivity index (χ4v) is 1.35. The Balaban J connectivity index is 4.52. The number of carbonyl (C=O) groups excluding carboxylic acids is 1. The summed E-state index contributed by atoms with van der Waals surface area (Å²) in [5, 5.41) is 0. The van der Waals surface area contributed by atoms with Crippen LogP contribution in [0.25, 0.3) is 0 Å². The van der Waals surface area contributed by atoms with Crippen LogP contribution in [0.5, 0.6) is 0 Å². The van der Waals surface area contributed by atoms with Crippen LogP contribution in [0, 0.1) is 0 Å². The minimum atomic E-state index is 0.775. The summed E-state index contributed by atoms with van der Waals surface area (Å²) in [4.78, 5) is 10.2. The Morgan fingerprint density at radius 3 is 1.52 bits per heavy atom. The lowest BCUT2D eigenvalue weighted by Gasteiger charge is -1.90. The average Bonchev–Trinajstić information content (AvgIpc) is 2.45. The average molecular weight is 280 g/mol. The van der Waals surface area contributed by atoms with E-state index in [1.807, 2.05) is 56.4 Å². The van der Waals surface area contributed by atoms with Crippen molar-refractivity contribution in [2.75, 3.05) is 0 Å². The van der Waals surface area contributed by atoms with E-state index >= 15 is 0 Å². The monoisotopic (exact) mass is 280 g/mol. The highest BCUT2D eigenvalue weighted by atomic mass is 16.1. The zero-order valence-electron chi connectivity index (χ0n) is 13.1. The zero-order chi connectivity index (χ0) is 15.9. The minimum absolute atomic E-state index is 0.775. The van der Waals surface area contributed by atoms with E-state index < -0.39 is 0 Å². The molecule has 0 N–H and O–H groups in total. The van der Waals surface area contributed by atoms with E-state index in [2.05, 4.69) is 25.7 Å². The lowest BCUT2D eigenvalue weighted by atomic mass is 10.2. The van der Waals surface area contributed by atoms with E-state index in [9.17, 15) is 4.79 Å². The van der Waals surface area contributed by atoms with Crippen LogP contribution in [0.15, 0.2) is 96.2 Å². The Bertz CT molecular complexity index is 532. The molecule has 0 atom stereocenters.